The van der Waals surface area contributed by atoms with E-state index in [0.29, 0.717) is 11.6 Å². The van der Waals surface area contributed by atoms with Gasteiger partial charge in [0.05, 0.1) is 11.3 Å². The number of carbonyl (C=O) groups excluding carboxylic acids is 1. The number of nitrogens with one attached hydrogen (secondary N) is 2. The molecule has 1 amide bonds. The molecule has 1 aliphatic carbocycles. The Hall–Kier alpha value is -1.58. The number of carbonyl (C=O) groups is 1. The smallest absolute Gasteiger partial charge is 0.253 e. The zero-order valence-corrected chi connectivity index (χ0v) is 13.2. The molecule has 0 spiro atoms. The van der Waals surface area contributed by atoms with Crippen LogP contribution >= 0.6 is 0 Å². The normalized spacial score (nSPS) is 17.8. The number of hydrogen-bond donors (Lipinski definition) is 2. The quantitative estimate of drug-likeness (QED) is 0.812. The van der Waals surface area contributed by atoms with Gasteiger partial charge in [-0.1, -0.05) is 32.6 Å². The number of anilines is 1. The molecule has 1 unspecified atom stereocenters. The molecule has 1 atom stereocenters. The highest BCUT2D eigenvalue weighted by Crippen LogP contribution is 2.21. The molecule has 2 rings (SSSR count). The third-order valence-corrected chi connectivity index (χ3v) is 4.22. The average molecular weight is 289 g/mol. The van der Waals surface area contributed by atoms with Gasteiger partial charge in [0.2, 0.25) is 0 Å². The fraction of sp³-hybridized carbons (Fsp3) is 0.647. The highest BCUT2D eigenvalue weighted by molar-refractivity contribution is 5.94. The summed E-state index contributed by atoms with van der Waals surface area (Å²) in [7, 11) is 0. The van der Waals surface area contributed by atoms with Gasteiger partial charge in [-0.2, -0.15) is 0 Å². The minimum atomic E-state index is -0.0404. The average Bonchev–Trinajstić information content (AvgIpc) is 2.76. The topological polar surface area (TPSA) is 54.0 Å². The van der Waals surface area contributed by atoms with Crippen molar-refractivity contribution >= 4 is 11.6 Å². The largest absolute Gasteiger partial charge is 0.381 e. The second-order valence-corrected chi connectivity index (χ2v) is 6.08. The Morgan fingerprint density at radius 3 is 2.67 bits per heavy atom. The van der Waals surface area contributed by atoms with E-state index in [1.54, 1.807) is 6.20 Å². The highest BCUT2D eigenvalue weighted by atomic mass is 16.1. The predicted molar refractivity (Wildman–Crippen MR) is 86.6 cm³/mol. The fourth-order valence-electron chi connectivity index (χ4n) is 2.71. The van der Waals surface area contributed by atoms with E-state index in [0.717, 1.165) is 12.1 Å². The maximum absolute atomic E-state index is 12.1. The summed E-state index contributed by atoms with van der Waals surface area (Å²) in [6, 6.07) is 2.62. The number of rotatable bonds is 5. The van der Waals surface area contributed by atoms with E-state index in [2.05, 4.69) is 22.5 Å². The van der Waals surface area contributed by atoms with Crippen LogP contribution in [0.2, 0.25) is 0 Å². The first-order chi connectivity index (χ1) is 10.2. The second kappa shape index (κ2) is 8.01. The Morgan fingerprint density at radius 2 is 2.00 bits per heavy atom. The van der Waals surface area contributed by atoms with Crippen LogP contribution in [0.4, 0.5) is 5.69 Å². The lowest BCUT2D eigenvalue weighted by Crippen LogP contribution is -2.32. The van der Waals surface area contributed by atoms with Gasteiger partial charge >= 0.3 is 0 Å². The first-order valence-electron chi connectivity index (χ1n) is 8.21. The lowest BCUT2D eigenvalue weighted by atomic mass is 10.1. The number of amides is 1. The van der Waals surface area contributed by atoms with Gasteiger partial charge in [-0.05, 0) is 32.3 Å². The van der Waals surface area contributed by atoms with Crippen LogP contribution in [0.5, 0.6) is 0 Å². The van der Waals surface area contributed by atoms with Crippen molar-refractivity contribution in [1.29, 1.82) is 0 Å². The van der Waals surface area contributed by atoms with Gasteiger partial charge in [0.25, 0.3) is 5.91 Å². The minimum Gasteiger partial charge on any atom is -0.381 e. The molecule has 4 heteroatoms. The van der Waals surface area contributed by atoms with Crippen LogP contribution in [-0.2, 0) is 0 Å². The van der Waals surface area contributed by atoms with Gasteiger partial charge < -0.3 is 10.6 Å². The standard InChI is InChI=1S/C17H27N3O/c1-3-13(2)19-17(21)14-10-16(12-18-11-14)20-15-8-6-4-5-7-9-15/h10-13,15,20H,3-9H2,1-2H3,(H,19,21). The molecule has 1 aromatic heterocycles. The predicted octanol–water partition coefficient (Wildman–Crippen LogP) is 3.74. The lowest BCUT2D eigenvalue weighted by Gasteiger charge is -2.18. The molecule has 1 heterocycles. The van der Waals surface area contributed by atoms with Crippen molar-refractivity contribution in [3.63, 3.8) is 0 Å². The SMILES string of the molecule is CCC(C)NC(=O)c1cncc(NC2CCCCCC2)c1. The number of hydrogen-bond acceptors (Lipinski definition) is 3. The van der Waals surface area contributed by atoms with Crippen molar-refractivity contribution < 1.29 is 4.79 Å². The minimum absolute atomic E-state index is 0.0404. The van der Waals surface area contributed by atoms with Crippen LogP contribution in [0.25, 0.3) is 0 Å². The number of nitrogens with zero attached hydrogens (tertiary/aromatic N) is 1. The van der Waals surface area contributed by atoms with Crippen molar-refractivity contribution in [1.82, 2.24) is 10.3 Å². The first-order valence-corrected chi connectivity index (χ1v) is 8.21. The summed E-state index contributed by atoms with van der Waals surface area (Å²) in [6.45, 7) is 4.08. The number of pyridine rings is 1. The van der Waals surface area contributed by atoms with Crippen molar-refractivity contribution in [2.75, 3.05) is 5.32 Å². The van der Waals surface area contributed by atoms with Gasteiger partial charge in [0.1, 0.15) is 0 Å². The Bertz CT molecular complexity index is 453. The van der Waals surface area contributed by atoms with Crippen molar-refractivity contribution in [2.24, 2.45) is 0 Å². The zero-order chi connectivity index (χ0) is 15.1. The van der Waals surface area contributed by atoms with Crippen LogP contribution in [-0.4, -0.2) is 23.0 Å². The van der Waals surface area contributed by atoms with Crippen LogP contribution in [0.1, 0.15) is 69.2 Å². The summed E-state index contributed by atoms with van der Waals surface area (Å²) in [6.07, 6.45) is 12.1. The van der Waals surface area contributed by atoms with Crippen molar-refractivity contribution in [3.05, 3.63) is 24.0 Å². The van der Waals surface area contributed by atoms with Gasteiger partial charge in [-0.3, -0.25) is 9.78 Å². The molecule has 0 aliphatic heterocycles. The van der Waals surface area contributed by atoms with Crippen LogP contribution in [0, 0.1) is 0 Å². The summed E-state index contributed by atoms with van der Waals surface area (Å²) >= 11 is 0. The Morgan fingerprint density at radius 1 is 1.29 bits per heavy atom. The Kier molecular flexibility index (Phi) is 6.03. The Labute approximate surface area is 127 Å². The molecular weight excluding hydrogens is 262 g/mol. The fourth-order valence-corrected chi connectivity index (χ4v) is 2.71. The molecular formula is C17H27N3O. The van der Waals surface area contributed by atoms with E-state index < -0.39 is 0 Å². The molecule has 2 N–H and O–H groups in total. The van der Waals surface area contributed by atoms with Gasteiger partial charge in [0.15, 0.2) is 0 Å². The van der Waals surface area contributed by atoms with Crippen LogP contribution in [0.3, 0.4) is 0 Å². The summed E-state index contributed by atoms with van der Waals surface area (Å²) in [5, 5.41) is 6.52. The van der Waals surface area contributed by atoms with Crippen LogP contribution in [0.15, 0.2) is 18.5 Å². The van der Waals surface area contributed by atoms with E-state index in [-0.39, 0.29) is 11.9 Å². The third-order valence-electron chi connectivity index (χ3n) is 4.22. The molecule has 1 saturated carbocycles. The van der Waals surface area contributed by atoms with E-state index in [9.17, 15) is 4.79 Å². The molecule has 1 fully saturated rings. The third kappa shape index (κ3) is 5.03. The first kappa shape index (κ1) is 15.8. The summed E-state index contributed by atoms with van der Waals surface area (Å²) in [5.74, 6) is -0.0404. The van der Waals surface area contributed by atoms with E-state index in [1.165, 1.54) is 38.5 Å². The van der Waals surface area contributed by atoms with Gasteiger partial charge in [0, 0.05) is 24.5 Å². The monoisotopic (exact) mass is 289 g/mol. The molecule has 0 saturated heterocycles. The van der Waals surface area contributed by atoms with E-state index >= 15 is 0 Å². The molecule has 0 bridgehead atoms. The molecule has 0 aromatic carbocycles. The lowest BCUT2D eigenvalue weighted by molar-refractivity contribution is 0.0939. The molecule has 1 aliphatic rings. The maximum Gasteiger partial charge on any atom is 0.253 e. The molecule has 1 aromatic rings. The van der Waals surface area contributed by atoms with E-state index in [4.69, 9.17) is 0 Å². The van der Waals surface area contributed by atoms with Gasteiger partial charge in [-0.15, -0.1) is 0 Å². The van der Waals surface area contributed by atoms with Gasteiger partial charge in [-0.25, -0.2) is 0 Å². The number of aromatic nitrogens is 1. The second-order valence-electron chi connectivity index (χ2n) is 6.08. The molecule has 0 radical (unpaired) electrons. The van der Waals surface area contributed by atoms with Crippen molar-refractivity contribution in [3.8, 4) is 0 Å². The summed E-state index contributed by atoms with van der Waals surface area (Å²) in [4.78, 5) is 16.3. The summed E-state index contributed by atoms with van der Waals surface area (Å²) in [5.41, 5.74) is 1.59. The van der Waals surface area contributed by atoms with E-state index in [1.807, 2.05) is 19.2 Å². The highest BCUT2D eigenvalue weighted by Gasteiger charge is 2.14. The maximum atomic E-state index is 12.1. The zero-order valence-electron chi connectivity index (χ0n) is 13.2. The Balaban J connectivity index is 1.98. The molecule has 21 heavy (non-hydrogen) atoms. The van der Waals surface area contributed by atoms with Crippen LogP contribution < -0.4 is 10.6 Å². The van der Waals surface area contributed by atoms with Crippen molar-refractivity contribution in [2.45, 2.75) is 70.9 Å². The summed E-state index contributed by atoms with van der Waals surface area (Å²) < 4.78 is 0. The molecule has 4 nitrogen and oxygen atoms in total. The molecule has 116 valence electrons.